The van der Waals surface area contributed by atoms with Crippen molar-refractivity contribution < 1.29 is 4.79 Å². The molecule has 3 rings (SSSR count). The van der Waals surface area contributed by atoms with E-state index in [4.69, 9.17) is 0 Å². The Balaban J connectivity index is 0.00000132. The van der Waals surface area contributed by atoms with Crippen molar-refractivity contribution >= 4 is 42.1 Å². The standard InChI is InChI=1S/C15H20N4OS.2ClH/c1-9-5-12(3-4-16-9)19-15(20)13-6-11(7-17-13)14-8-21-10(2)18-14;;/h6-9,12,16-17H,3-5H2,1-2H3,(H,19,20);2*1H. The van der Waals surface area contributed by atoms with Gasteiger partial charge in [0, 0.05) is 29.2 Å². The Morgan fingerprint density at radius 1 is 1.43 bits per heavy atom. The van der Waals surface area contributed by atoms with E-state index >= 15 is 0 Å². The second-order valence-corrected chi connectivity index (χ2v) is 6.67. The van der Waals surface area contributed by atoms with Crippen LogP contribution in [0.1, 0.15) is 35.3 Å². The van der Waals surface area contributed by atoms with Gasteiger partial charge in [0.2, 0.25) is 0 Å². The number of thiazole rings is 1. The first kappa shape index (κ1) is 20.0. The van der Waals surface area contributed by atoms with Crippen molar-refractivity contribution in [2.24, 2.45) is 0 Å². The van der Waals surface area contributed by atoms with Crippen LogP contribution in [0.15, 0.2) is 17.6 Å². The number of aryl methyl sites for hydroxylation is 1. The van der Waals surface area contributed by atoms with E-state index in [1.165, 1.54) is 0 Å². The van der Waals surface area contributed by atoms with E-state index < -0.39 is 0 Å². The Labute approximate surface area is 152 Å². The van der Waals surface area contributed by atoms with Crippen molar-refractivity contribution in [2.75, 3.05) is 6.54 Å². The molecule has 1 amide bonds. The summed E-state index contributed by atoms with van der Waals surface area (Å²) in [4.78, 5) is 19.8. The van der Waals surface area contributed by atoms with Gasteiger partial charge in [0.1, 0.15) is 5.69 Å². The smallest absolute Gasteiger partial charge is 0.267 e. The molecule has 23 heavy (non-hydrogen) atoms. The first-order valence-corrected chi connectivity index (χ1v) is 8.15. The molecular weight excluding hydrogens is 355 g/mol. The lowest BCUT2D eigenvalue weighted by Gasteiger charge is -2.28. The lowest BCUT2D eigenvalue weighted by atomic mass is 10.0. The molecule has 3 heterocycles. The van der Waals surface area contributed by atoms with Crippen molar-refractivity contribution in [1.82, 2.24) is 20.6 Å². The van der Waals surface area contributed by atoms with Crippen LogP contribution in [-0.4, -0.2) is 34.5 Å². The average Bonchev–Trinajstić information content (AvgIpc) is 3.07. The molecule has 0 aromatic carbocycles. The van der Waals surface area contributed by atoms with Gasteiger partial charge in [0.25, 0.3) is 5.91 Å². The Hall–Kier alpha value is -1.08. The summed E-state index contributed by atoms with van der Waals surface area (Å²) in [6, 6.07) is 2.58. The van der Waals surface area contributed by atoms with Crippen LogP contribution in [0.4, 0.5) is 0 Å². The van der Waals surface area contributed by atoms with Crippen LogP contribution >= 0.6 is 36.2 Å². The second-order valence-electron chi connectivity index (χ2n) is 5.60. The minimum atomic E-state index is -0.0349. The number of nitrogens with one attached hydrogen (secondary N) is 3. The van der Waals surface area contributed by atoms with Crippen LogP contribution in [0.5, 0.6) is 0 Å². The number of piperidine rings is 1. The number of amides is 1. The van der Waals surface area contributed by atoms with Crippen LogP contribution in [0.2, 0.25) is 0 Å². The Bertz CT molecular complexity index is 643. The third-order valence-electron chi connectivity index (χ3n) is 3.80. The summed E-state index contributed by atoms with van der Waals surface area (Å²) in [5, 5.41) is 9.53. The van der Waals surface area contributed by atoms with E-state index in [0.717, 1.165) is 35.7 Å². The van der Waals surface area contributed by atoms with Gasteiger partial charge in [-0.05, 0) is 39.3 Å². The lowest BCUT2D eigenvalue weighted by molar-refractivity contribution is 0.0921. The third-order valence-corrected chi connectivity index (χ3v) is 4.57. The molecule has 2 aromatic heterocycles. The van der Waals surface area contributed by atoms with Crippen LogP contribution in [0.3, 0.4) is 0 Å². The second kappa shape index (κ2) is 8.68. The number of carbonyl (C=O) groups is 1. The minimum Gasteiger partial charge on any atom is -0.357 e. The Kier molecular flexibility index (Phi) is 7.54. The molecule has 0 saturated carbocycles. The van der Waals surface area contributed by atoms with Gasteiger partial charge >= 0.3 is 0 Å². The predicted octanol–water partition coefficient (Wildman–Crippen LogP) is 3.16. The maximum atomic E-state index is 12.3. The molecular formula is C15H22Cl2N4OS. The van der Waals surface area contributed by atoms with Gasteiger partial charge in [-0.15, -0.1) is 36.2 Å². The molecule has 128 valence electrons. The number of aromatic nitrogens is 2. The van der Waals surface area contributed by atoms with E-state index in [9.17, 15) is 4.79 Å². The van der Waals surface area contributed by atoms with E-state index in [2.05, 4.69) is 27.5 Å². The zero-order valence-electron chi connectivity index (χ0n) is 13.1. The van der Waals surface area contributed by atoms with Gasteiger partial charge in [-0.1, -0.05) is 0 Å². The van der Waals surface area contributed by atoms with E-state index in [1.807, 2.05) is 24.6 Å². The molecule has 2 atom stereocenters. The maximum absolute atomic E-state index is 12.3. The molecule has 0 radical (unpaired) electrons. The molecule has 2 unspecified atom stereocenters. The summed E-state index contributed by atoms with van der Waals surface area (Å²) in [5.74, 6) is -0.0349. The SMILES string of the molecule is Cc1nc(-c2c[nH]c(C(=O)NC3CCNC(C)C3)c2)cs1.Cl.Cl. The van der Waals surface area contributed by atoms with Gasteiger partial charge in [-0.2, -0.15) is 0 Å². The maximum Gasteiger partial charge on any atom is 0.267 e. The minimum absolute atomic E-state index is 0. The summed E-state index contributed by atoms with van der Waals surface area (Å²) in [5.41, 5.74) is 2.48. The highest BCUT2D eigenvalue weighted by Crippen LogP contribution is 2.22. The van der Waals surface area contributed by atoms with Crippen molar-refractivity contribution in [1.29, 1.82) is 0 Å². The van der Waals surface area contributed by atoms with Gasteiger partial charge in [-0.25, -0.2) is 4.98 Å². The third kappa shape index (κ3) is 4.94. The highest BCUT2D eigenvalue weighted by molar-refractivity contribution is 7.09. The number of halogens is 2. The zero-order valence-corrected chi connectivity index (χ0v) is 15.5. The topological polar surface area (TPSA) is 69.8 Å². The molecule has 8 heteroatoms. The number of carbonyl (C=O) groups excluding carboxylic acids is 1. The summed E-state index contributed by atoms with van der Waals surface area (Å²) in [6.07, 6.45) is 3.80. The average molecular weight is 377 g/mol. The first-order chi connectivity index (χ1) is 10.1. The molecule has 1 aliphatic rings. The fraction of sp³-hybridized carbons (Fsp3) is 0.467. The molecule has 2 aromatic rings. The van der Waals surface area contributed by atoms with E-state index in [-0.39, 0.29) is 36.8 Å². The molecule has 5 nitrogen and oxygen atoms in total. The lowest BCUT2D eigenvalue weighted by Crippen LogP contribution is -2.46. The van der Waals surface area contributed by atoms with Crippen molar-refractivity contribution in [3.8, 4) is 11.3 Å². The van der Waals surface area contributed by atoms with E-state index in [0.29, 0.717) is 11.7 Å². The molecule has 1 saturated heterocycles. The normalized spacial score (nSPS) is 20.3. The Morgan fingerprint density at radius 2 is 2.22 bits per heavy atom. The van der Waals surface area contributed by atoms with Crippen molar-refractivity contribution in [2.45, 2.75) is 38.8 Å². The molecule has 1 aliphatic heterocycles. The number of nitrogens with zero attached hydrogens (tertiary/aromatic N) is 1. The van der Waals surface area contributed by atoms with Crippen molar-refractivity contribution in [3.05, 3.63) is 28.3 Å². The van der Waals surface area contributed by atoms with Gasteiger partial charge in [-0.3, -0.25) is 4.79 Å². The van der Waals surface area contributed by atoms with Crippen LogP contribution in [0.25, 0.3) is 11.3 Å². The summed E-state index contributed by atoms with van der Waals surface area (Å²) in [7, 11) is 0. The summed E-state index contributed by atoms with van der Waals surface area (Å²) < 4.78 is 0. The first-order valence-electron chi connectivity index (χ1n) is 7.27. The van der Waals surface area contributed by atoms with Gasteiger partial charge in [0.15, 0.2) is 0 Å². The van der Waals surface area contributed by atoms with Crippen LogP contribution < -0.4 is 10.6 Å². The van der Waals surface area contributed by atoms with Crippen LogP contribution in [-0.2, 0) is 0 Å². The monoisotopic (exact) mass is 376 g/mol. The van der Waals surface area contributed by atoms with Gasteiger partial charge < -0.3 is 15.6 Å². The number of hydrogen-bond acceptors (Lipinski definition) is 4. The molecule has 3 N–H and O–H groups in total. The van der Waals surface area contributed by atoms with E-state index in [1.54, 1.807) is 11.3 Å². The Morgan fingerprint density at radius 3 is 2.87 bits per heavy atom. The van der Waals surface area contributed by atoms with Crippen LogP contribution in [0, 0.1) is 6.92 Å². The summed E-state index contributed by atoms with van der Waals surface area (Å²) >= 11 is 1.61. The highest BCUT2D eigenvalue weighted by Gasteiger charge is 2.21. The number of H-pyrrole nitrogens is 1. The highest BCUT2D eigenvalue weighted by atomic mass is 35.5. The molecule has 0 aliphatic carbocycles. The summed E-state index contributed by atoms with van der Waals surface area (Å²) in [6.45, 7) is 5.09. The molecule has 1 fully saturated rings. The zero-order chi connectivity index (χ0) is 14.8. The predicted molar refractivity (Wildman–Crippen MR) is 99.1 cm³/mol. The quantitative estimate of drug-likeness (QED) is 0.770. The number of hydrogen-bond donors (Lipinski definition) is 3. The number of aromatic amines is 1. The number of rotatable bonds is 3. The molecule has 0 bridgehead atoms. The fourth-order valence-electron chi connectivity index (χ4n) is 2.70. The van der Waals surface area contributed by atoms with Crippen molar-refractivity contribution in [3.63, 3.8) is 0 Å². The largest absolute Gasteiger partial charge is 0.357 e. The fourth-order valence-corrected chi connectivity index (χ4v) is 3.32. The molecule has 0 spiro atoms. The van der Waals surface area contributed by atoms with Gasteiger partial charge in [0.05, 0.1) is 10.7 Å².